The van der Waals surface area contributed by atoms with Gasteiger partial charge in [-0.25, -0.2) is 0 Å². The number of carboxylic acid groups (broad SMARTS) is 1. The van der Waals surface area contributed by atoms with Crippen molar-refractivity contribution in [2.24, 2.45) is 5.41 Å². The molecule has 0 fully saturated rings. The molecular weight excluding hydrogens is 296 g/mol. The standard InChI is InChI=1S/C22H34O2/c1-4-5-6-7-8-9-10-11-12-13-14-15-16-17-18-19-20-22(2,3)21(23)24/h5-6,8-9,11-12,14-15,17-18H,4,7,10,13,16,19-20H2,1-3H3,(H,23,24). The molecule has 0 aromatic heterocycles. The van der Waals surface area contributed by atoms with Crippen molar-refractivity contribution >= 4 is 5.97 Å². The summed E-state index contributed by atoms with van der Waals surface area (Å²) in [5.74, 6) is -0.727. The molecule has 2 nitrogen and oxygen atoms in total. The lowest BCUT2D eigenvalue weighted by Gasteiger charge is -2.17. The second-order valence-corrected chi connectivity index (χ2v) is 6.44. The van der Waals surface area contributed by atoms with Crippen molar-refractivity contribution in [1.82, 2.24) is 0 Å². The van der Waals surface area contributed by atoms with Crippen LogP contribution in [0.1, 0.15) is 65.7 Å². The molecule has 0 spiro atoms. The molecule has 1 N–H and O–H groups in total. The first-order chi connectivity index (χ1) is 11.5. The van der Waals surface area contributed by atoms with Gasteiger partial charge >= 0.3 is 5.97 Å². The molecule has 0 atom stereocenters. The van der Waals surface area contributed by atoms with Crippen molar-refractivity contribution in [3.05, 3.63) is 60.8 Å². The third-order valence-corrected chi connectivity index (χ3v) is 3.67. The van der Waals surface area contributed by atoms with Crippen LogP contribution in [0.25, 0.3) is 0 Å². The number of rotatable bonds is 13. The molecule has 134 valence electrons. The van der Waals surface area contributed by atoms with Crippen LogP contribution in [0.4, 0.5) is 0 Å². The second-order valence-electron chi connectivity index (χ2n) is 6.44. The van der Waals surface area contributed by atoms with Crippen LogP contribution in [0.15, 0.2) is 60.8 Å². The second kappa shape index (κ2) is 14.7. The zero-order valence-corrected chi connectivity index (χ0v) is 15.6. The number of carboxylic acids is 1. The van der Waals surface area contributed by atoms with E-state index in [0.717, 1.165) is 38.5 Å². The van der Waals surface area contributed by atoms with Crippen molar-refractivity contribution in [2.45, 2.75) is 65.7 Å². The molecule has 0 rings (SSSR count). The molecule has 2 heteroatoms. The van der Waals surface area contributed by atoms with Crippen LogP contribution in [0, 0.1) is 5.41 Å². The summed E-state index contributed by atoms with van der Waals surface area (Å²) in [6.45, 7) is 5.69. The molecule has 24 heavy (non-hydrogen) atoms. The highest BCUT2D eigenvalue weighted by atomic mass is 16.4. The average molecular weight is 331 g/mol. The van der Waals surface area contributed by atoms with E-state index in [4.69, 9.17) is 5.11 Å². The summed E-state index contributed by atoms with van der Waals surface area (Å²) in [4.78, 5) is 11.0. The van der Waals surface area contributed by atoms with Gasteiger partial charge in [0.25, 0.3) is 0 Å². The number of aliphatic carboxylic acids is 1. The minimum absolute atomic E-state index is 0.633. The van der Waals surface area contributed by atoms with Crippen molar-refractivity contribution < 1.29 is 9.90 Å². The van der Waals surface area contributed by atoms with E-state index < -0.39 is 11.4 Å². The molecule has 0 aromatic carbocycles. The fourth-order valence-corrected chi connectivity index (χ4v) is 1.92. The van der Waals surface area contributed by atoms with Gasteiger partial charge < -0.3 is 5.11 Å². The van der Waals surface area contributed by atoms with Crippen molar-refractivity contribution in [3.63, 3.8) is 0 Å². The van der Waals surface area contributed by atoms with Gasteiger partial charge in [0.2, 0.25) is 0 Å². The lowest BCUT2D eigenvalue weighted by Crippen LogP contribution is -2.22. The molecule has 0 bridgehead atoms. The Morgan fingerprint density at radius 3 is 1.50 bits per heavy atom. The van der Waals surface area contributed by atoms with E-state index in [2.05, 4.69) is 67.7 Å². The lowest BCUT2D eigenvalue weighted by molar-refractivity contribution is -0.147. The molecule has 0 aliphatic heterocycles. The molecule has 0 unspecified atom stereocenters. The van der Waals surface area contributed by atoms with Gasteiger partial charge in [-0.1, -0.05) is 67.7 Å². The summed E-state index contributed by atoms with van der Waals surface area (Å²) in [5.41, 5.74) is -0.633. The average Bonchev–Trinajstić information content (AvgIpc) is 2.54. The van der Waals surface area contributed by atoms with Gasteiger partial charge in [-0.3, -0.25) is 4.79 Å². The molecule has 0 saturated heterocycles. The number of allylic oxidation sites excluding steroid dienone is 10. The Balaban J connectivity index is 3.65. The summed E-state index contributed by atoms with van der Waals surface area (Å²) < 4.78 is 0. The molecule has 0 heterocycles. The van der Waals surface area contributed by atoms with Crippen molar-refractivity contribution in [3.8, 4) is 0 Å². The highest BCUT2D eigenvalue weighted by Crippen LogP contribution is 2.22. The van der Waals surface area contributed by atoms with Gasteiger partial charge in [0.15, 0.2) is 0 Å². The van der Waals surface area contributed by atoms with Crippen LogP contribution in [0.2, 0.25) is 0 Å². The summed E-state index contributed by atoms with van der Waals surface area (Å²) in [7, 11) is 0. The van der Waals surface area contributed by atoms with E-state index in [0.29, 0.717) is 6.42 Å². The van der Waals surface area contributed by atoms with Gasteiger partial charge in [0.05, 0.1) is 5.41 Å². The third-order valence-electron chi connectivity index (χ3n) is 3.67. The molecule has 0 radical (unpaired) electrons. The van der Waals surface area contributed by atoms with E-state index in [1.54, 1.807) is 13.8 Å². The Morgan fingerprint density at radius 2 is 1.12 bits per heavy atom. The summed E-state index contributed by atoms with van der Waals surface area (Å²) in [5, 5.41) is 9.02. The van der Waals surface area contributed by atoms with Gasteiger partial charge in [0.1, 0.15) is 0 Å². The third kappa shape index (κ3) is 13.8. The van der Waals surface area contributed by atoms with Crippen molar-refractivity contribution in [2.75, 3.05) is 0 Å². The van der Waals surface area contributed by atoms with Crippen LogP contribution >= 0.6 is 0 Å². The molecule has 0 aliphatic carbocycles. The molecular formula is C22H34O2. The monoisotopic (exact) mass is 330 g/mol. The quantitative estimate of drug-likeness (QED) is 0.385. The minimum atomic E-state index is -0.727. The van der Waals surface area contributed by atoms with Crippen LogP contribution in [-0.2, 0) is 4.79 Å². The normalized spacial score (nSPS) is 13.5. The molecule has 0 aliphatic rings. The van der Waals surface area contributed by atoms with E-state index in [1.165, 1.54) is 0 Å². The van der Waals surface area contributed by atoms with Gasteiger partial charge in [0, 0.05) is 0 Å². The van der Waals surface area contributed by atoms with Gasteiger partial charge in [-0.2, -0.15) is 0 Å². The molecule has 0 amide bonds. The van der Waals surface area contributed by atoms with Crippen molar-refractivity contribution in [1.29, 1.82) is 0 Å². The fourth-order valence-electron chi connectivity index (χ4n) is 1.92. The largest absolute Gasteiger partial charge is 0.481 e. The topological polar surface area (TPSA) is 37.3 Å². The maximum Gasteiger partial charge on any atom is 0.309 e. The fraction of sp³-hybridized carbons (Fsp3) is 0.500. The van der Waals surface area contributed by atoms with Crippen LogP contribution in [0.3, 0.4) is 0 Å². The first-order valence-electron chi connectivity index (χ1n) is 8.99. The van der Waals surface area contributed by atoms with E-state index in [-0.39, 0.29) is 0 Å². The Bertz CT molecular complexity index is 462. The predicted molar refractivity (Wildman–Crippen MR) is 105 cm³/mol. The Kier molecular flexibility index (Phi) is 13.6. The SMILES string of the molecule is CCC=CCC=CCC=CCC=CCC=CCCC(C)(C)C(=O)O. The lowest BCUT2D eigenvalue weighted by atomic mass is 9.88. The van der Waals surface area contributed by atoms with Crippen LogP contribution in [-0.4, -0.2) is 11.1 Å². The van der Waals surface area contributed by atoms with Crippen LogP contribution < -0.4 is 0 Å². The zero-order chi connectivity index (χ0) is 18.1. The Labute approximate surface area is 148 Å². The van der Waals surface area contributed by atoms with Gasteiger partial charge in [-0.15, -0.1) is 0 Å². The summed E-state index contributed by atoms with van der Waals surface area (Å²) >= 11 is 0. The predicted octanol–water partition coefficient (Wildman–Crippen LogP) is 6.63. The number of carbonyl (C=O) groups is 1. The van der Waals surface area contributed by atoms with E-state index >= 15 is 0 Å². The first kappa shape index (κ1) is 22.2. The first-order valence-corrected chi connectivity index (χ1v) is 8.99. The number of hydrogen-bond donors (Lipinski definition) is 1. The molecule has 0 saturated carbocycles. The van der Waals surface area contributed by atoms with E-state index in [1.807, 2.05) is 0 Å². The Hall–Kier alpha value is -1.83. The summed E-state index contributed by atoms with van der Waals surface area (Å²) in [6, 6.07) is 0. The maximum absolute atomic E-state index is 11.0. The van der Waals surface area contributed by atoms with Gasteiger partial charge in [-0.05, 0) is 58.8 Å². The highest BCUT2D eigenvalue weighted by molar-refractivity contribution is 5.73. The maximum atomic E-state index is 11.0. The van der Waals surface area contributed by atoms with Crippen LogP contribution in [0.5, 0.6) is 0 Å². The van der Waals surface area contributed by atoms with E-state index in [9.17, 15) is 4.79 Å². The highest BCUT2D eigenvalue weighted by Gasteiger charge is 2.25. The minimum Gasteiger partial charge on any atom is -0.481 e. The number of hydrogen-bond acceptors (Lipinski definition) is 1. The smallest absolute Gasteiger partial charge is 0.309 e. The zero-order valence-electron chi connectivity index (χ0n) is 15.6. The Morgan fingerprint density at radius 1 is 0.750 bits per heavy atom. The molecule has 0 aromatic rings. The summed E-state index contributed by atoms with van der Waals surface area (Å²) in [6.07, 6.45) is 28.1.